The van der Waals surface area contributed by atoms with Crippen molar-refractivity contribution < 1.29 is 24.3 Å². The summed E-state index contributed by atoms with van der Waals surface area (Å²) in [7, 11) is 1.29. The molecule has 0 aliphatic carbocycles. The van der Waals surface area contributed by atoms with Crippen LogP contribution >= 0.6 is 0 Å². The molecule has 3 N–H and O–H groups in total. The van der Waals surface area contributed by atoms with E-state index in [-0.39, 0.29) is 12.3 Å². The molecule has 1 atom stereocenters. The monoisotopic (exact) mass is 280 g/mol. The Morgan fingerprint density at radius 2 is 2.10 bits per heavy atom. The van der Waals surface area contributed by atoms with Crippen LogP contribution in [0.3, 0.4) is 0 Å². The molecule has 1 aromatic carbocycles. The van der Waals surface area contributed by atoms with Crippen molar-refractivity contribution in [1.29, 1.82) is 0 Å². The number of hydrogen-bond donors (Lipinski definition) is 3. The normalized spacial score (nSPS) is 11.1. The highest BCUT2D eigenvalue weighted by molar-refractivity contribution is 5.69. The molecule has 108 valence electrons. The second-order valence-electron chi connectivity index (χ2n) is 3.76. The molecule has 0 unspecified atom stereocenters. The predicted octanol–water partition coefficient (Wildman–Crippen LogP) is 0.140. The van der Waals surface area contributed by atoms with E-state index in [2.05, 4.69) is 15.6 Å². The van der Waals surface area contributed by atoms with E-state index in [4.69, 9.17) is 9.84 Å². The van der Waals surface area contributed by atoms with Crippen molar-refractivity contribution in [2.24, 2.45) is 0 Å². The smallest absolute Gasteiger partial charge is 0.408 e. The van der Waals surface area contributed by atoms with Crippen molar-refractivity contribution in [3.05, 3.63) is 41.6 Å². The molecule has 0 aromatic heterocycles. The van der Waals surface area contributed by atoms with Gasteiger partial charge in [-0.05, 0) is 5.56 Å². The molecule has 0 aliphatic heterocycles. The van der Waals surface area contributed by atoms with E-state index in [1.54, 1.807) is 12.1 Å². The lowest BCUT2D eigenvalue weighted by Gasteiger charge is -2.17. The van der Waals surface area contributed by atoms with Gasteiger partial charge in [-0.25, -0.2) is 9.59 Å². The molecule has 0 bridgehead atoms. The standard InChI is InChI=1S/C13H16N2O5/c1-19-15-12(8-17)11(7-16)14-13(18)20-9-10-5-3-2-4-6-10/h2-6,11,15-16H,7,9H2,1H3,(H,14,18)/t11-/m0/s1. The van der Waals surface area contributed by atoms with Crippen LogP contribution in [0.15, 0.2) is 36.0 Å². The lowest BCUT2D eigenvalue weighted by Crippen LogP contribution is -2.43. The summed E-state index contributed by atoms with van der Waals surface area (Å²) in [5.74, 6) is 1.53. The maximum atomic E-state index is 11.6. The lowest BCUT2D eigenvalue weighted by atomic mass is 10.2. The summed E-state index contributed by atoms with van der Waals surface area (Å²) >= 11 is 0. The van der Waals surface area contributed by atoms with Crippen LogP contribution in [0.4, 0.5) is 4.79 Å². The van der Waals surface area contributed by atoms with Crippen LogP contribution in [-0.4, -0.2) is 36.9 Å². The summed E-state index contributed by atoms with van der Waals surface area (Å²) in [6.45, 7) is -0.413. The summed E-state index contributed by atoms with van der Waals surface area (Å²) in [5.41, 5.74) is 2.92. The summed E-state index contributed by atoms with van der Waals surface area (Å²) in [6.07, 6.45) is -0.765. The Labute approximate surface area is 116 Å². The van der Waals surface area contributed by atoms with Gasteiger partial charge in [0.2, 0.25) is 0 Å². The molecule has 1 amide bonds. The van der Waals surface area contributed by atoms with Crippen molar-refractivity contribution in [3.8, 4) is 0 Å². The number of rotatable bonds is 7. The first-order chi connectivity index (χ1) is 9.71. The van der Waals surface area contributed by atoms with E-state index >= 15 is 0 Å². The highest BCUT2D eigenvalue weighted by Gasteiger charge is 2.18. The maximum absolute atomic E-state index is 11.6. The minimum atomic E-state index is -0.976. The summed E-state index contributed by atoms with van der Waals surface area (Å²) < 4.78 is 4.96. The molecule has 20 heavy (non-hydrogen) atoms. The first-order valence-electron chi connectivity index (χ1n) is 5.83. The van der Waals surface area contributed by atoms with Gasteiger partial charge < -0.3 is 15.2 Å². The Bertz CT molecular complexity index is 471. The average Bonchev–Trinajstić information content (AvgIpc) is 2.49. The van der Waals surface area contributed by atoms with Gasteiger partial charge in [0.25, 0.3) is 0 Å². The minimum Gasteiger partial charge on any atom is -0.445 e. The van der Waals surface area contributed by atoms with Crippen LogP contribution in [-0.2, 0) is 21.0 Å². The van der Waals surface area contributed by atoms with Crippen molar-refractivity contribution in [1.82, 2.24) is 10.8 Å². The van der Waals surface area contributed by atoms with Gasteiger partial charge >= 0.3 is 6.09 Å². The Morgan fingerprint density at radius 1 is 1.40 bits per heavy atom. The van der Waals surface area contributed by atoms with Crippen molar-refractivity contribution in [3.63, 3.8) is 0 Å². The molecule has 0 heterocycles. The van der Waals surface area contributed by atoms with E-state index in [1.807, 2.05) is 18.2 Å². The Hall–Kier alpha value is -2.34. The topological polar surface area (TPSA) is 96.9 Å². The van der Waals surface area contributed by atoms with E-state index in [9.17, 15) is 9.59 Å². The number of benzene rings is 1. The first kappa shape index (κ1) is 15.7. The van der Waals surface area contributed by atoms with Crippen LogP contribution in [0.2, 0.25) is 0 Å². The van der Waals surface area contributed by atoms with Gasteiger partial charge in [-0.2, -0.15) is 0 Å². The highest BCUT2D eigenvalue weighted by Crippen LogP contribution is 2.01. The zero-order chi connectivity index (χ0) is 14.8. The van der Waals surface area contributed by atoms with Crippen molar-refractivity contribution in [2.75, 3.05) is 13.7 Å². The molecule has 0 radical (unpaired) electrons. The predicted molar refractivity (Wildman–Crippen MR) is 70.0 cm³/mol. The number of ether oxygens (including phenoxy) is 1. The third kappa shape index (κ3) is 5.11. The summed E-state index contributed by atoms with van der Waals surface area (Å²) in [5, 5.41) is 11.4. The van der Waals surface area contributed by atoms with Gasteiger partial charge in [-0.1, -0.05) is 30.3 Å². The Kier molecular flexibility index (Phi) is 6.84. The number of alkyl carbamates (subject to hydrolysis) is 1. The number of carbonyl (C=O) groups is 1. The van der Waals surface area contributed by atoms with Gasteiger partial charge in [0.15, 0.2) is 0 Å². The third-order valence-electron chi connectivity index (χ3n) is 2.36. The van der Waals surface area contributed by atoms with Crippen LogP contribution in [0.5, 0.6) is 0 Å². The number of amides is 1. The van der Waals surface area contributed by atoms with Gasteiger partial charge in [0, 0.05) is 0 Å². The maximum Gasteiger partial charge on any atom is 0.408 e. The van der Waals surface area contributed by atoms with Crippen LogP contribution in [0, 0.1) is 0 Å². The molecule has 7 heteroatoms. The van der Waals surface area contributed by atoms with E-state index in [0.717, 1.165) is 5.56 Å². The molecule has 1 rings (SSSR count). The summed E-state index contributed by atoms with van der Waals surface area (Å²) in [4.78, 5) is 26.7. The quantitative estimate of drug-likeness (QED) is 0.485. The van der Waals surface area contributed by atoms with Gasteiger partial charge in [-0.3, -0.25) is 10.3 Å². The Balaban J connectivity index is 2.49. The molecule has 0 saturated heterocycles. The highest BCUT2D eigenvalue weighted by atomic mass is 16.6. The molecule has 0 fully saturated rings. The van der Waals surface area contributed by atoms with E-state index in [0.29, 0.717) is 0 Å². The fraction of sp³-hybridized carbons (Fsp3) is 0.308. The van der Waals surface area contributed by atoms with Crippen molar-refractivity contribution in [2.45, 2.75) is 12.6 Å². The number of nitrogens with one attached hydrogen (secondary N) is 2. The number of aliphatic hydroxyl groups is 1. The SMILES string of the molecule is CONC(=C=O)[C@H](CO)NC(=O)OCc1ccccc1. The number of carbonyl (C=O) groups excluding carboxylic acids is 2. The zero-order valence-electron chi connectivity index (χ0n) is 11.0. The van der Waals surface area contributed by atoms with Crippen LogP contribution in [0.25, 0.3) is 0 Å². The van der Waals surface area contributed by atoms with Gasteiger partial charge in [-0.15, -0.1) is 0 Å². The molecular formula is C13H16N2O5. The van der Waals surface area contributed by atoms with Crippen LogP contribution in [0.1, 0.15) is 5.56 Å². The van der Waals surface area contributed by atoms with Gasteiger partial charge in [0.1, 0.15) is 24.3 Å². The minimum absolute atomic E-state index is 0.0860. The number of hydroxylamine groups is 1. The molecule has 0 spiro atoms. The fourth-order valence-corrected chi connectivity index (χ4v) is 1.39. The largest absolute Gasteiger partial charge is 0.445 e. The average molecular weight is 280 g/mol. The van der Waals surface area contributed by atoms with Gasteiger partial charge in [0.05, 0.1) is 13.7 Å². The number of hydrogen-bond acceptors (Lipinski definition) is 6. The molecule has 1 aromatic rings. The molecular weight excluding hydrogens is 264 g/mol. The fourth-order valence-electron chi connectivity index (χ4n) is 1.39. The molecule has 0 aliphatic rings. The number of aliphatic hydroxyl groups excluding tert-OH is 1. The Morgan fingerprint density at radius 3 is 2.65 bits per heavy atom. The second kappa shape index (κ2) is 8.71. The van der Waals surface area contributed by atoms with E-state index < -0.39 is 18.7 Å². The van der Waals surface area contributed by atoms with Crippen LogP contribution < -0.4 is 10.8 Å². The summed E-state index contributed by atoms with van der Waals surface area (Å²) in [6, 6.07) is 8.13. The second-order valence-corrected chi connectivity index (χ2v) is 3.76. The molecule has 7 nitrogen and oxygen atoms in total. The lowest BCUT2D eigenvalue weighted by molar-refractivity contribution is 0.1000. The van der Waals surface area contributed by atoms with Crippen molar-refractivity contribution >= 4 is 12.0 Å². The first-order valence-corrected chi connectivity index (χ1v) is 5.83. The van der Waals surface area contributed by atoms with E-state index in [1.165, 1.54) is 13.1 Å². The third-order valence-corrected chi connectivity index (χ3v) is 2.36. The zero-order valence-corrected chi connectivity index (χ0v) is 11.0. The molecule has 0 saturated carbocycles.